The van der Waals surface area contributed by atoms with Crippen LogP contribution in [0.5, 0.6) is 0 Å². The average molecular weight is 479 g/mol. The molecule has 4 rings (SSSR count). The van der Waals surface area contributed by atoms with Gasteiger partial charge in [-0.25, -0.2) is 9.59 Å². The standard InChI is InChI=1S/C25H22N2O6S/c1-15(23(29)32-2)27-22(28)21(34-25(27)31)12-18-14-26(20-10-5-4-9-19(18)20)13-16-7-6-8-17(11-16)24(30)33-3/h4-12,14-15H,13H2,1-3H3/b21-12+/t15-/m1/s1. The number of carbonyl (C=O) groups excluding carboxylic acids is 4. The van der Waals surface area contributed by atoms with Crippen molar-refractivity contribution in [3.8, 4) is 0 Å². The highest BCUT2D eigenvalue weighted by atomic mass is 32.2. The van der Waals surface area contributed by atoms with E-state index in [1.165, 1.54) is 21.1 Å². The Balaban J connectivity index is 1.69. The number of ether oxygens (including phenoxy) is 2. The highest BCUT2D eigenvalue weighted by molar-refractivity contribution is 8.18. The topological polar surface area (TPSA) is 94.9 Å². The van der Waals surface area contributed by atoms with Crippen molar-refractivity contribution in [2.45, 2.75) is 19.5 Å². The van der Waals surface area contributed by atoms with Crippen LogP contribution in [-0.2, 0) is 25.6 Å². The molecule has 0 spiro atoms. The van der Waals surface area contributed by atoms with Crippen molar-refractivity contribution in [2.75, 3.05) is 14.2 Å². The molecule has 8 nitrogen and oxygen atoms in total. The number of aromatic nitrogens is 1. The minimum absolute atomic E-state index is 0.233. The Morgan fingerprint density at radius 3 is 2.56 bits per heavy atom. The van der Waals surface area contributed by atoms with Crippen LogP contribution in [0, 0.1) is 0 Å². The van der Waals surface area contributed by atoms with Gasteiger partial charge in [0, 0.05) is 29.2 Å². The highest BCUT2D eigenvalue weighted by Crippen LogP contribution is 2.35. The van der Waals surface area contributed by atoms with Gasteiger partial charge in [0.1, 0.15) is 6.04 Å². The van der Waals surface area contributed by atoms with Gasteiger partial charge in [-0.2, -0.15) is 0 Å². The van der Waals surface area contributed by atoms with Gasteiger partial charge in [0.2, 0.25) is 0 Å². The molecule has 0 radical (unpaired) electrons. The Morgan fingerprint density at radius 1 is 1.06 bits per heavy atom. The number of carbonyl (C=O) groups is 4. The number of fused-ring (bicyclic) bond motifs is 1. The number of thioether (sulfide) groups is 1. The molecule has 0 bridgehead atoms. The van der Waals surface area contributed by atoms with E-state index in [2.05, 4.69) is 4.74 Å². The minimum Gasteiger partial charge on any atom is -0.467 e. The van der Waals surface area contributed by atoms with Crippen LogP contribution in [0.4, 0.5) is 4.79 Å². The molecule has 1 aromatic heterocycles. The molecular formula is C25H22N2O6S. The van der Waals surface area contributed by atoms with Crippen molar-refractivity contribution in [3.63, 3.8) is 0 Å². The molecule has 2 heterocycles. The maximum atomic E-state index is 12.9. The van der Waals surface area contributed by atoms with Crippen LogP contribution in [0.1, 0.15) is 28.4 Å². The zero-order valence-electron chi connectivity index (χ0n) is 18.8. The number of hydrogen-bond acceptors (Lipinski definition) is 7. The van der Waals surface area contributed by atoms with Crippen LogP contribution < -0.4 is 0 Å². The summed E-state index contributed by atoms with van der Waals surface area (Å²) in [7, 11) is 2.55. The Morgan fingerprint density at radius 2 is 1.82 bits per heavy atom. The molecule has 34 heavy (non-hydrogen) atoms. The van der Waals surface area contributed by atoms with Crippen molar-refractivity contribution < 1.29 is 28.7 Å². The molecule has 2 amide bonds. The van der Waals surface area contributed by atoms with Gasteiger partial charge in [-0.15, -0.1) is 0 Å². The summed E-state index contributed by atoms with van der Waals surface area (Å²) in [6, 6.07) is 13.9. The zero-order valence-corrected chi connectivity index (χ0v) is 19.6. The number of benzene rings is 2. The highest BCUT2D eigenvalue weighted by Gasteiger charge is 2.41. The fourth-order valence-corrected chi connectivity index (χ4v) is 4.76. The van der Waals surface area contributed by atoms with Crippen molar-refractivity contribution in [1.82, 2.24) is 9.47 Å². The zero-order chi connectivity index (χ0) is 24.4. The molecule has 9 heteroatoms. The molecule has 1 atom stereocenters. The molecule has 1 saturated heterocycles. The summed E-state index contributed by atoms with van der Waals surface area (Å²) in [5, 5.41) is 0.386. The Labute approximate surface area is 200 Å². The van der Waals surface area contributed by atoms with E-state index in [4.69, 9.17) is 4.74 Å². The lowest BCUT2D eigenvalue weighted by Crippen LogP contribution is -2.42. The van der Waals surface area contributed by atoms with Gasteiger partial charge in [0.25, 0.3) is 11.1 Å². The second-order valence-electron chi connectivity index (χ2n) is 7.67. The van der Waals surface area contributed by atoms with Crippen molar-refractivity contribution in [1.29, 1.82) is 0 Å². The van der Waals surface area contributed by atoms with E-state index in [1.807, 2.05) is 41.1 Å². The number of amides is 2. The van der Waals surface area contributed by atoms with E-state index in [0.29, 0.717) is 12.1 Å². The lowest BCUT2D eigenvalue weighted by atomic mass is 10.1. The maximum absolute atomic E-state index is 12.9. The van der Waals surface area contributed by atoms with Crippen LogP contribution in [0.15, 0.2) is 59.6 Å². The van der Waals surface area contributed by atoms with Gasteiger partial charge in [0.05, 0.1) is 24.7 Å². The summed E-state index contributed by atoms with van der Waals surface area (Å²) in [5.41, 5.74) is 3.06. The monoisotopic (exact) mass is 478 g/mol. The van der Waals surface area contributed by atoms with E-state index in [0.717, 1.165) is 38.7 Å². The largest absolute Gasteiger partial charge is 0.467 e. The summed E-state index contributed by atoms with van der Waals surface area (Å²) in [5.74, 6) is -1.60. The third-order valence-electron chi connectivity index (χ3n) is 5.56. The Hall–Kier alpha value is -3.85. The van der Waals surface area contributed by atoms with Gasteiger partial charge in [-0.05, 0) is 48.5 Å². The van der Waals surface area contributed by atoms with Crippen molar-refractivity contribution in [3.05, 3.63) is 76.3 Å². The van der Waals surface area contributed by atoms with E-state index in [1.54, 1.807) is 24.3 Å². The van der Waals surface area contributed by atoms with E-state index in [9.17, 15) is 19.2 Å². The van der Waals surface area contributed by atoms with Gasteiger partial charge in [-0.1, -0.05) is 30.3 Å². The fraction of sp³-hybridized carbons (Fsp3) is 0.200. The van der Waals surface area contributed by atoms with Crippen LogP contribution in [0.3, 0.4) is 0 Å². The quantitative estimate of drug-likeness (QED) is 0.389. The summed E-state index contributed by atoms with van der Waals surface area (Å²) in [6.07, 6.45) is 3.56. The molecule has 0 aliphatic carbocycles. The summed E-state index contributed by atoms with van der Waals surface area (Å²) in [6.45, 7) is 1.94. The lowest BCUT2D eigenvalue weighted by molar-refractivity contribution is -0.148. The van der Waals surface area contributed by atoms with Crippen LogP contribution in [0.25, 0.3) is 17.0 Å². The third kappa shape index (κ3) is 4.34. The molecule has 3 aromatic rings. The van der Waals surface area contributed by atoms with Crippen LogP contribution in [-0.4, -0.2) is 52.8 Å². The number of imide groups is 1. The molecule has 1 fully saturated rings. The first-order chi connectivity index (χ1) is 16.3. The second kappa shape index (κ2) is 9.56. The van der Waals surface area contributed by atoms with E-state index >= 15 is 0 Å². The first-order valence-corrected chi connectivity index (χ1v) is 11.3. The second-order valence-corrected chi connectivity index (χ2v) is 8.67. The van der Waals surface area contributed by atoms with Crippen LogP contribution >= 0.6 is 11.8 Å². The van der Waals surface area contributed by atoms with Crippen LogP contribution in [0.2, 0.25) is 0 Å². The predicted octanol–water partition coefficient (Wildman–Crippen LogP) is 4.07. The average Bonchev–Trinajstić information content (AvgIpc) is 3.33. The molecule has 1 aliphatic rings. The molecular weight excluding hydrogens is 456 g/mol. The Kier molecular flexibility index (Phi) is 6.56. The number of hydrogen-bond donors (Lipinski definition) is 0. The first kappa shape index (κ1) is 23.3. The fourth-order valence-electron chi connectivity index (χ4n) is 3.86. The van der Waals surface area contributed by atoms with Gasteiger partial charge >= 0.3 is 11.9 Å². The van der Waals surface area contributed by atoms with E-state index < -0.39 is 29.1 Å². The number of methoxy groups -OCH3 is 2. The van der Waals surface area contributed by atoms with Gasteiger partial charge in [0.15, 0.2) is 0 Å². The summed E-state index contributed by atoms with van der Waals surface area (Å²) >= 11 is 0.792. The van der Waals surface area contributed by atoms with E-state index in [-0.39, 0.29) is 4.91 Å². The number of para-hydroxylation sites is 1. The SMILES string of the molecule is COC(=O)c1cccc(Cn2cc(/C=C3/SC(=O)N([C@H](C)C(=O)OC)C3=O)c3ccccc32)c1. The minimum atomic E-state index is -1.01. The third-order valence-corrected chi connectivity index (χ3v) is 6.44. The molecule has 0 saturated carbocycles. The predicted molar refractivity (Wildman–Crippen MR) is 128 cm³/mol. The van der Waals surface area contributed by atoms with Crippen molar-refractivity contribution in [2.24, 2.45) is 0 Å². The van der Waals surface area contributed by atoms with Crippen molar-refractivity contribution >= 4 is 51.8 Å². The summed E-state index contributed by atoms with van der Waals surface area (Å²) in [4.78, 5) is 50.3. The molecule has 0 unspecified atom stereocenters. The van der Waals surface area contributed by atoms with Gasteiger partial charge in [-0.3, -0.25) is 14.5 Å². The maximum Gasteiger partial charge on any atom is 0.337 e. The Bertz CT molecular complexity index is 1340. The molecule has 174 valence electrons. The first-order valence-electron chi connectivity index (χ1n) is 10.4. The lowest BCUT2D eigenvalue weighted by Gasteiger charge is -2.18. The smallest absolute Gasteiger partial charge is 0.337 e. The molecule has 0 N–H and O–H groups in total. The number of esters is 2. The number of rotatable bonds is 6. The van der Waals surface area contributed by atoms with Gasteiger partial charge < -0.3 is 14.0 Å². The summed E-state index contributed by atoms with van der Waals surface area (Å²) < 4.78 is 11.5. The molecule has 2 aromatic carbocycles. The number of nitrogens with zero attached hydrogens (tertiary/aromatic N) is 2. The normalized spacial score (nSPS) is 15.7. The molecule has 1 aliphatic heterocycles.